The highest BCUT2D eigenvalue weighted by Gasteiger charge is 1.99. The number of ether oxygens (including phenoxy) is 2. The van der Waals surface area contributed by atoms with Gasteiger partial charge in [0, 0.05) is 13.2 Å². The molecule has 11 heavy (non-hydrogen) atoms. The molecule has 0 heterocycles. The Labute approximate surface area is 69.9 Å². The molecule has 0 aromatic carbocycles. The van der Waals surface area contributed by atoms with Crippen LogP contribution in [0, 0.1) is 0 Å². The zero-order chi connectivity index (χ0) is 8.53. The minimum Gasteiger partial charge on any atom is -0.379 e. The summed E-state index contributed by atoms with van der Waals surface area (Å²) in [6.45, 7) is 8.69. The molecule has 0 radical (unpaired) electrons. The standard InChI is InChI=1S/C9H20O2/c1-4-6-10-8-9(3)11-7-5-2/h9H,4-8H2,1-3H3. The van der Waals surface area contributed by atoms with Crippen LogP contribution in [0.5, 0.6) is 0 Å². The molecule has 1 unspecified atom stereocenters. The molecule has 0 aromatic heterocycles. The SMILES string of the molecule is CCCOCC(C)OCCC. The van der Waals surface area contributed by atoms with Gasteiger partial charge in [0.25, 0.3) is 0 Å². The lowest BCUT2D eigenvalue weighted by Gasteiger charge is -2.11. The molecule has 0 spiro atoms. The van der Waals surface area contributed by atoms with Gasteiger partial charge in [-0.2, -0.15) is 0 Å². The average molecular weight is 160 g/mol. The predicted octanol–water partition coefficient (Wildman–Crippen LogP) is 2.23. The van der Waals surface area contributed by atoms with Crippen LogP contribution >= 0.6 is 0 Å². The summed E-state index contributed by atoms with van der Waals surface area (Å²) in [5.74, 6) is 0. The van der Waals surface area contributed by atoms with Gasteiger partial charge in [0.1, 0.15) is 0 Å². The van der Waals surface area contributed by atoms with E-state index in [1.54, 1.807) is 0 Å². The Morgan fingerprint density at radius 1 is 1.09 bits per heavy atom. The van der Waals surface area contributed by atoms with E-state index in [-0.39, 0.29) is 6.10 Å². The summed E-state index contributed by atoms with van der Waals surface area (Å²) in [5, 5.41) is 0. The highest BCUT2D eigenvalue weighted by atomic mass is 16.5. The van der Waals surface area contributed by atoms with E-state index in [9.17, 15) is 0 Å². The molecule has 0 amide bonds. The second-order valence-electron chi connectivity index (χ2n) is 2.76. The van der Waals surface area contributed by atoms with Crippen molar-refractivity contribution in [3.05, 3.63) is 0 Å². The van der Waals surface area contributed by atoms with E-state index in [1.807, 2.05) is 6.92 Å². The van der Waals surface area contributed by atoms with Crippen molar-refractivity contribution < 1.29 is 9.47 Å². The van der Waals surface area contributed by atoms with Gasteiger partial charge in [0.15, 0.2) is 0 Å². The van der Waals surface area contributed by atoms with Crippen molar-refractivity contribution in [3.63, 3.8) is 0 Å². The van der Waals surface area contributed by atoms with Crippen molar-refractivity contribution in [1.82, 2.24) is 0 Å². The van der Waals surface area contributed by atoms with Crippen molar-refractivity contribution in [2.75, 3.05) is 19.8 Å². The fourth-order valence-corrected chi connectivity index (χ4v) is 0.761. The second-order valence-corrected chi connectivity index (χ2v) is 2.76. The van der Waals surface area contributed by atoms with Crippen molar-refractivity contribution in [2.45, 2.75) is 39.7 Å². The van der Waals surface area contributed by atoms with E-state index in [1.165, 1.54) is 0 Å². The first-order valence-electron chi connectivity index (χ1n) is 4.50. The largest absolute Gasteiger partial charge is 0.379 e. The molecular formula is C9H20O2. The Hall–Kier alpha value is -0.0800. The molecule has 0 aliphatic carbocycles. The maximum absolute atomic E-state index is 5.41. The Morgan fingerprint density at radius 3 is 2.27 bits per heavy atom. The summed E-state index contributed by atoms with van der Waals surface area (Å²) in [6.07, 6.45) is 2.42. The van der Waals surface area contributed by atoms with Crippen LogP contribution in [0.2, 0.25) is 0 Å². The normalized spacial score (nSPS) is 13.4. The van der Waals surface area contributed by atoms with Gasteiger partial charge >= 0.3 is 0 Å². The van der Waals surface area contributed by atoms with E-state index >= 15 is 0 Å². The summed E-state index contributed by atoms with van der Waals surface area (Å²) < 4.78 is 10.7. The number of hydrogen-bond donors (Lipinski definition) is 0. The molecule has 0 bridgehead atoms. The third-order valence-corrected chi connectivity index (χ3v) is 1.31. The van der Waals surface area contributed by atoms with Gasteiger partial charge in [0.2, 0.25) is 0 Å². The van der Waals surface area contributed by atoms with Crippen molar-refractivity contribution in [2.24, 2.45) is 0 Å². The zero-order valence-corrected chi connectivity index (χ0v) is 7.93. The van der Waals surface area contributed by atoms with E-state index in [2.05, 4.69) is 13.8 Å². The first-order chi connectivity index (χ1) is 5.31. The average Bonchev–Trinajstić information content (AvgIpc) is 2.01. The smallest absolute Gasteiger partial charge is 0.0780 e. The van der Waals surface area contributed by atoms with Crippen LogP contribution in [-0.4, -0.2) is 25.9 Å². The van der Waals surface area contributed by atoms with Gasteiger partial charge in [-0.1, -0.05) is 13.8 Å². The number of hydrogen-bond acceptors (Lipinski definition) is 2. The maximum Gasteiger partial charge on any atom is 0.0780 e. The van der Waals surface area contributed by atoms with Gasteiger partial charge < -0.3 is 9.47 Å². The van der Waals surface area contributed by atoms with Gasteiger partial charge in [0.05, 0.1) is 12.7 Å². The van der Waals surface area contributed by atoms with Crippen molar-refractivity contribution in [1.29, 1.82) is 0 Å². The fourth-order valence-electron chi connectivity index (χ4n) is 0.761. The molecule has 0 saturated carbocycles. The van der Waals surface area contributed by atoms with Crippen LogP contribution in [0.4, 0.5) is 0 Å². The van der Waals surface area contributed by atoms with E-state index in [4.69, 9.17) is 9.47 Å². The third-order valence-electron chi connectivity index (χ3n) is 1.31. The summed E-state index contributed by atoms with van der Waals surface area (Å²) >= 11 is 0. The highest BCUT2D eigenvalue weighted by Crippen LogP contribution is 1.93. The lowest BCUT2D eigenvalue weighted by atomic mass is 10.4. The molecule has 0 aliphatic heterocycles. The molecule has 2 nitrogen and oxygen atoms in total. The zero-order valence-electron chi connectivity index (χ0n) is 7.93. The molecule has 0 fully saturated rings. The fraction of sp³-hybridized carbons (Fsp3) is 1.00. The number of rotatable bonds is 7. The van der Waals surface area contributed by atoms with E-state index in [0.29, 0.717) is 0 Å². The molecule has 0 aromatic rings. The molecule has 1 atom stereocenters. The lowest BCUT2D eigenvalue weighted by Crippen LogP contribution is -2.16. The van der Waals surface area contributed by atoms with Gasteiger partial charge in [-0.25, -0.2) is 0 Å². The summed E-state index contributed by atoms with van der Waals surface area (Å²) in [6, 6.07) is 0. The van der Waals surface area contributed by atoms with Gasteiger partial charge in [-0.05, 0) is 19.8 Å². The van der Waals surface area contributed by atoms with Gasteiger partial charge in [-0.3, -0.25) is 0 Å². The molecule has 0 rings (SSSR count). The Balaban J connectivity index is 3.02. The van der Waals surface area contributed by atoms with Crippen LogP contribution in [0.25, 0.3) is 0 Å². The van der Waals surface area contributed by atoms with Crippen LogP contribution < -0.4 is 0 Å². The highest BCUT2D eigenvalue weighted by molar-refractivity contribution is 4.46. The summed E-state index contributed by atoms with van der Waals surface area (Å²) in [5.41, 5.74) is 0. The first-order valence-corrected chi connectivity index (χ1v) is 4.50. The van der Waals surface area contributed by atoms with E-state index in [0.717, 1.165) is 32.7 Å². The lowest BCUT2D eigenvalue weighted by molar-refractivity contribution is -0.00611. The van der Waals surface area contributed by atoms with E-state index < -0.39 is 0 Å². The van der Waals surface area contributed by atoms with Crippen molar-refractivity contribution >= 4 is 0 Å². The van der Waals surface area contributed by atoms with Crippen LogP contribution in [0.15, 0.2) is 0 Å². The molecular weight excluding hydrogens is 140 g/mol. The molecule has 0 saturated heterocycles. The first kappa shape index (κ1) is 10.9. The molecule has 0 aliphatic rings. The van der Waals surface area contributed by atoms with Crippen molar-refractivity contribution in [3.8, 4) is 0 Å². The third kappa shape index (κ3) is 7.82. The van der Waals surface area contributed by atoms with Crippen LogP contribution in [0.3, 0.4) is 0 Å². The monoisotopic (exact) mass is 160 g/mol. The predicted molar refractivity (Wildman–Crippen MR) is 46.8 cm³/mol. The van der Waals surface area contributed by atoms with Crippen LogP contribution in [0.1, 0.15) is 33.6 Å². The molecule has 68 valence electrons. The molecule has 0 N–H and O–H groups in total. The Bertz CT molecular complexity index is 74.0. The topological polar surface area (TPSA) is 18.5 Å². The Kier molecular flexibility index (Phi) is 7.96. The maximum atomic E-state index is 5.41. The minimum atomic E-state index is 0.251. The quantitative estimate of drug-likeness (QED) is 0.532. The Morgan fingerprint density at radius 2 is 1.73 bits per heavy atom. The van der Waals surface area contributed by atoms with Crippen LogP contribution in [-0.2, 0) is 9.47 Å². The minimum absolute atomic E-state index is 0.251. The summed E-state index contributed by atoms with van der Waals surface area (Å²) in [4.78, 5) is 0. The second kappa shape index (κ2) is 8.02. The summed E-state index contributed by atoms with van der Waals surface area (Å²) in [7, 11) is 0. The van der Waals surface area contributed by atoms with Gasteiger partial charge in [-0.15, -0.1) is 0 Å². The molecule has 2 heteroatoms.